The molecule has 0 bridgehead atoms. The summed E-state index contributed by atoms with van der Waals surface area (Å²) in [5, 5.41) is 0. The number of nitrogens with zero attached hydrogens (tertiary/aromatic N) is 5. The highest BCUT2D eigenvalue weighted by molar-refractivity contribution is 5.83. The number of fused-ring (bicyclic) bond motifs is 1. The zero-order chi connectivity index (χ0) is 12.5. The van der Waals surface area contributed by atoms with E-state index in [9.17, 15) is 0 Å². The molecule has 1 aliphatic heterocycles. The van der Waals surface area contributed by atoms with E-state index in [1.807, 2.05) is 6.33 Å². The highest BCUT2D eigenvalue weighted by Gasteiger charge is 2.21. The fraction of sp³-hybridized carbons (Fsp3) is 0.615. The van der Waals surface area contributed by atoms with E-state index >= 15 is 0 Å². The van der Waals surface area contributed by atoms with E-state index < -0.39 is 0 Å². The first-order valence-corrected chi connectivity index (χ1v) is 6.70. The Labute approximate surface area is 107 Å². The molecule has 5 nitrogen and oxygen atoms in total. The molecule has 0 amide bonds. The number of aromatic nitrogens is 4. The van der Waals surface area contributed by atoms with Crippen LogP contribution in [0.1, 0.15) is 26.7 Å². The predicted octanol–water partition coefficient (Wildman–Crippen LogP) is 2.08. The first-order chi connectivity index (χ1) is 8.79. The number of hydrogen-bond donors (Lipinski definition) is 0. The lowest BCUT2D eigenvalue weighted by Gasteiger charge is -2.31. The van der Waals surface area contributed by atoms with E-state index in [2.05, 4.69) is 38.3 Å². The molecule has 2 aromatic heterocycles. The molecule has 0 radical (unpaired) electrons. The molecule has 1 unspecified atom stereocenters. The molecule has 1 aliphatic rings. The quantitative estimate of drug-likeness (QED) is 0.812. The van der Waals surface area contributed by atoms with E-state index in [4.69, 9.17) is 0 Å². The third-order valence-electron chi connectivity index (χ3n) is 3.68. The molecule has 0 N–H and O–H groups in total. The summed E-state index contributed by atoms with van der Waals surface area (Å²) in [6, 6.07) is 0. The van der Waals surface area contributed by atoms with Crippen molar-refractivity contribution < 1.29 is 0 Å². The number of piperidine rings is 1. The van der Waals surface area contributed by atoms with Crippen molar-refractivity contribution in [1.29, 1.82) is 0 Å². The molecular weight excluding hydrogens is 226 g/mol. The van der Waals surface area contributed by atoms with Gasteiger partial charge in [-0.05, 0) is 25.7 Å². The number of aryl methyl sites for hydroxylation is 1. The number of imidazole rings is 1. The third-order valence-corrected chi connectivity index (χ3v) is 3.68. The molecule has 0 aromatic carbocycles. The standard InChI is InChI=1S/C13H19N5/c1-3-17-9-16-11-12(17)14-8-15-13(11)18-6-4-5-10(2)7-18/h8-10H,3-7H2,1-2H3. The SMILES string of the molecule is CCn1cnc2c(N3CCCC(C)C3)ncnc21. The van der Waals surface area contributed by atoms with Crippen LogP contribution in [0, 0.1) is 5.92 Å². The highest BCUT2D eigenvalue weighted by Crippen LogP contribution is 2.26. The average molecular weight is 245 g/mol. The summed E-state index contributed by atoms with van der Waals surface area (Å²) in [6.07, 6.45) is 6.07. The summed E-state index contributed by atoms with van der Waals surface area (Å²) in [7, 11) is 0. The zero-order valence-corrected chi connectivity index (χ0v) is 11.0. The molecule has 2 aromatic rings. The second kappa shape index (κ2) is 4.55. The number of anilines is 1. The van der Waals surface area contributed by atoms with Gasteiger partial charge in [0.1, 0.15) is 6.33 Å². The van der Waals surface area contributed by atoms with Gasteiger partial charge in [0.15, 0.2) is 17.0 Å². The van der Waals surface area contributed by atoms with Crippen LogP contribution in [-0.4, -0.2) is 32.6 Å². The largest absolute Gasteiger partial charge is 0.354 e. The summed E-state index contributed by atoms with van der Waals surface area (Å²) in [6.45, 7) is 7.45. The number of rotatable bonds is 2. The second-order valence-corrected chi connectivity index (χ2v) is 5.09. The Hall–Kier alpha value is -1.65. The van der Waals surface area contributed by atoms with Crippen molar-refractivity contribution in [1.82, 2.24) is 19.5 Å². The Balaban J connectivity index is 2.03. The van der Waals surface area contributed by atoms with Crippen LogP contribution in [0.4, 0.5) is 5.82 Å². The fourth-order valence-corrected chi connectivity index (χ4v) is 2.71. The molecule has 1 saturated heterocycles. The molecule has 0 spiro atoms. The molecule has 96 valence electrons. The van der Waals surface area contributed by atoms with Gasteiger partial charge in [-0.1, -0.05) is 6.92 Å². The average Bonchev–Trinajstić information content (AvgIpc) is 2.81. The maximum Gasteiger partial charge on any atom is 0.165 e. The van der Waals surface area contributed by atoms with Crippen molar-refractivity contribution in [3.8, 4) is 0 Å². The molecule has 18 heavy (non-hydrogen) atoms. The Kier molecular flexibility index (Phi) is 2.89. The molecule has 1 atom stereocenters. The van der Waals surface area contributed by atoms with Crippen molar-refractivity contribution in [2.75, 3.05) is 18.0 Å². The van der Waals surface area contributed by atoms with Crippen LogP contribution < -0.4 is 4.90 Å². The van der Waals surface area contributed by atoms with Crippen LogP contribution in [0.2, 0.25) is 0 Å². The lowest BCUT2D eigenvalue weighted by Crippen LogP contribution is -2.35. The van der Waals surface area contributed by atoms with Gasteiger partial charge in [0.05, 0.1) is 6.33 Å². The summed E-state index contributed by atoms with van der Waals surface area (Å²) in [4.78, 5) is 15.6. The minimum Gasteiger partial charge on any atom is -0.354 e. The van der Waals surface area contributed by atoms with E-state index in [0.717, 1.165) is 42.5 Å². The van der Waals surface area contributed by atoms with Gasteiger partial charge >= 0.3 is 0 Å². The summed E-state index contributed by atoms with van der Waals surface area (Å²) >= 11 is 0. The molecular formula is C13H19N5. The lowest BCUT2D eigenvalue weighted by molar-refractivity contribution is 0.445. The predicted molar refractivity (Wildman–Crippen MR) is 71.6 cm³/mol. The van der Waals surface area contributed by atoms with Gasteiger partial charge in [-0.3, -0.25) is 0 Å². The van der Waals surface area contributed by atoms with E-state index in [1.54, 1.807) is 6.33 Å². The Bertz CT molecular complexity index is 547. The topological polar surface area (TPSA) is 46.8 Å². The monoisotopic (exact) mass is 245 g/mol. The summed E-state index contributed by atoms with van der Waals surface area (Å²) < 4.78 is 2.06. The first kappa shape index (κ1) is 11.4. The Morgan fingerprint density at radius 1 is 1.33 bits per heavy atom. The van der Waals surface area contributed by atoms with E-state index in [0.29, 0.717) is 0 Å². The minimum atomic E-state index is 0.733. The summed E-state index contributed by atoms with van der Waals surface area (Å²) in [5.74, 6) is 1.73. The van der Waals surface area contributed by atoms with Gasteiger partial charge in [0.25, 0.3) is 0 Å². The van der Waals surface area contributed by atoms with Crippen LogP contribution in [0.25, 0.3) is 11.2 Å². The smallest absolute Gasteiger partial charge is 0.165 e. The van der Waals surface area contributed by atoms with Gasteiger partial charge in [0, 0.05) is 19.6 Å². The van der Waals surface area contributed by atoms with Crippen LogP contribution in [0.5, 0.6) is 0 Å². The van der Waals surface area contributed by atoms with E-state index in [-0.39, 0.29) is 0 Å². The maximum absolute atomic E-state index is 4.49. The third kappa shape index (κ3) is 1.83. The highest BCUT2D eigenvalue weighted by atomic mass is 15.2. The minimum absolute atomic E-state index is 0.733. The van der Waals surface area contributed by atoms with Gasteiger partial charge in [-0.25, -0.2) is 15.0 Å². The maximum atomic E-state index is 4.49. The fourth-order valence-electron chi connectivity index (χ4n) is 2.71. The Morgan fingerprint density at radius 2 is 2.22 bits per heavy atom. The Morgan fingerprint density at radius 3 is 3.00 bits per heavy atom. The van der Waals surface area contributed by atoms with Crippen LogP contribution >= 0.6 is 0 Å². The van der Waals surface area contributed by atoms with Crippen molar-refractivity contribution in [2.24, 2.45) is 5.92 Å². The molecule has 3 heterocycles. The van der Waals surface area contributed by atoms with E-state index in [1.165, 1.54) is 12.8 Å². The molecule has 0 saturated carbocycles. The van der Waals surface area contributed by atoms with Gasteiger partial charge < -0.3 is 9.47 Å². The van der Waals surface area contributed by atoms with Crippen molar-refractivity contribution in [3.63, 3.8) is 0 Å². The molecule has 5 heteroatoms. The summed E-state index contributed by atoms with van der Waals surface area (Å²) in [5.41, 5.74) is 1.88. The van der Waals surface area contributed by atoms with Crippen LogP contribution in [0.3, 0.4) is 0 Å². The van der Waals surface area contributed by atoms with Gasteiger partial charge in [-0.15, -0.1) is 0 Å². The van der Waals surface area contributed by atoms with Crippen molar-refractivity contribution in [2.45, 2.75) is 33.2 Å². The van der Waals surface area contributed by atoms with Crippen LogP contribution in [-0.2, 0) is 6.54 Å². The zero-order valence-electron chi connectivity index (χ0n) is 11.0. The first-order valence-electron chi connectivity index (χ1n) is 6.70. The van der Waals surface area contributed by atoms with Gasteiger partial charge in [0.2, 0.25) is 0 Å². The molecule has 3 rings (SSSR count). The normalized spacial score (nSPS) is 20.6. The molecule has 0 aliphatic carbocycles. The van der Waals surface area contributed by atoms with Gasteiger partial charge in [-0.2, -0.15) is 0 Å². The molecule has 1 fully saturated rings. The van der Waals surface area contributed by atoms with Crippen molar-refractivity contribution in [3.05, 3.63) is 12.7 Å². The lowest BCUT2D eigenvalue weighted by atomic mass is 10.0. The van der Waals surface area contributed by atoms with Crippen LogP contribution in [0.15, 0.2) is 12.7 Å². The number of hydrogen-bond acceptors (Lipinski definition) is 4. The second-order valence-electron chi connectivity index (χ2n) is 5.09. The van der Waals surface area contributed by atoms with Crippen molar-refractivity contribution >= 4 is 17.0 Å².